The number of thiazole rings is 1. The van der Waals surface area contributed by atoms with Crippen LogP contribution in [0.5, 0.6) is 0 Å². The summed E-state index contributed by atoms with van der Waals surface area (Å²) in [7, 11) is 0. The van der Waals surface area contributed by atoms with Gasteiger partial charge in [-0.15, -0.1) is 0 Å². The van der Waals surface area contributed by atoms with Gasteiger partial charge in [-0.1, -0.05) is 17.4 Å². The van der Waals surface area contributed by atoms with E-state index in [1.165, 1.54) is 23.5 Å². The Balaban J connectivity index is 1.20. The average Bonchev–Trinajstić information content (AvgIpc) is 3.30. The fourth-order valence-corrected chi connectivity index (χ4v) is 5.01. The third kappa shape index (κ3) is 6.32. The van der Waals surface area contributed by atoms with Crippen LogP contribution in [-0.4, -0.2) is 65.2 Å². The predicted octanol–water partition coefficient (Wildman–Crippen LogP) is 4.41. The molecule has 0 amide bonds. The number of aromatic nitrogens is 3. The van der Waals surface area contributed by atoms with Crippen molar-refractivity contribution in [2.45, 2.75) is 13.5 Å². The molecule has 0 saturated carbocycles. The van der Waals surface area contributed by atoms with E-state index in [0.717, 1.165) is 43.4 Å². The molecule has 0 unspecified atom stereocenters. The van der Waals surface area contributed by atoms with Gasteiger partial charge in [0.25, 0.3) is 0 Å². The highest BCUT2D eigenvalue weighted by molar-refractivity contribution is 7.21. The minimum atomic E-state index is -0.607. The number of rotatable bonds is 9. The molecule has 4 aromatic rings. The van der Waals surface area contributed by atoms with Crippen LogP contribution >= 0.6 is 11.3 Å². The number of anilines is 4. The molecule has 1 aliphatic rings. The number of esters is 1. The molecule has 0 radical (unpaired) electrons. The van der Waals surface area contributed by atoms with Crippen molar-refractivity contribution in [3.63, 3.8) is 0 Å². The first-order chi connectivity index (χ1) is 18.5. The zero-order valence-corrected chi connectivity index (χ0v) is 21.6. The van der Waals surface area contributed by atoms with Crippen molar-refractivity contribution in [3.05, 3.63) is 65.9 Å². The van der Waals surface area contributed by atoms with Gasteiger partial charge in [0.1, 0.15) is 33.6 Å². The van der Waals surface area contributed by atoms with Crippen molar-refractivity contribution >= 4 is 50.1 Å². The minimum absolute atomic E-state index is 0.183. The summed E-state index contributed by atoms with van der Waals surface area (Å²) in [6.45, 7) is 5.85. The molecule has 0 spiro atoms. The standard InChI is InChI=1S/C26H27F2N7O2S/c1-2-37-24(36)16-34-9-11-35(12-10-34)19-7-8-29-23(14-19)33-26-31-21-5-6-22(32-25(21)38-26)30-15-17-3-4-18(27)13-20(17)28/h3-8,13-14H,2,9-12,15-16H2,1H3,(H,30,32)(H,29,31,33). The molecule has 198 valence electrons. The first kappa shape index (κ1) is 25.7. The van der Waals surface area contributed by atoms with Gasteiger partial charge >= 0.3 is 5.97 Å². The first-order valence-corrected chi connectivity index (χ1v) is 13.1. The van der Waals surface area contributed by atoms with Crippen molar-refractivity contribution in [1.29, 1.82) is 0 Å². The van der Waals surface area contributed by atoms with Crippen molar-refractivity contribution in [3.8, 4) is 0 Å². The zero-order valence-electron chi connectivity index (χ0n) is 20.8. The van der Waals surface area contributed by atoms with Crippen LogP contribution in [0.25, 0.3) is 10.3 Å². The molecule has 9 nitrogen and oxygen atoms in total. The van der Waals surface area contributed by atoms with Gasteiger partial charge in [-0.05, 0) is 31.2 Å². The first-order valence-electron chi connectivity index (χ1n) is 12.3. The Morgan fingerprint density at radius 2 is 1.89 bits per heavy atom. The second-order valence-corrected chi connectivity index (χ2v) is 9.70. The number of nitrogens with one attached hydrogen (secondary N) is 2. The number of piperazine rings is 1. The maximum atomic E-state index is 13.9. The summed E-state index contributed by atoms with van der Waals surface area (Å²) in [5.41, 5.74) is 2.12. The summed E-state index contributed by atoms with van der Waals surface area (Å²) in [5.74, 6) is -0.161. The number of ether oxygens (including phenoxy) is 1. The molecule has 5 rings (SSSR count). The predicted molar refractivity (Wildman–Crippen MR) is 144 cm³/mol. The molecule has 0 aliphatic carbocycles. The Hall–Kier alpha value is -3.90. The zero-order chi connectivity index (χ0) is 26.5. The number of carbonyl (C=O) groups excluding carboxylic acids is 1. The quantitative estimate of drug-likeness (QED) is 0.300. The largest absolute Gasteiger partial charge is 0.465 e. The number of halogens is 2. The topological polar surface area (TPSA) is 95.5 Å². The highest BCUT2D eigenvalue weighted by Gasteiger charge is 2.20. The summed E-state index contributed by atoms with van der Waals surface area (Å²) in [6, 6.07) is 11.1. The van der Waals surface area contributed by atoms with Gasteiger partial charge in [0.05, 0.1) is 13.2 Å². The molecule has 38 heavy (non-hydrogen) atoms. The number of carbonyl (C=O) groups is 1. The van der Waals surface area contributed by atoms with E-state index in [-0.39, 0.29) is 12.5 Å². The summed E-state index contributed by atoms with van der Waals surface area (Å²) < 4.78 is 32.1. The highest BCUT2D eigenvalue weighted by Crippen LogP contribution is 2.29. The van der Waals surface area contributed by atoms with Crippen LogP contribution in [0, 0.1) is 11.6 Å². The van der Waals surface area contributed by atoms with E-state index in [9.17, 15) is 13.6 Å². The Bertz CT molecular complexity index is 1430. The maximum Gasteiger partial charge on any atom is 0.320 e. The monoisotopic (exact) mass is 539 g/mol. The van der Waals surface area contributed by atoms with Crippen LogP contribution in [0.1, 0.15) is 12.5 Å². The molecule has 2 N–H and O–H groups in total. The SMILES string of the molecule is CCOC(=O)CN1CCN(c2ccnc(Nc3nc4ccc(NCc5ccc(F)cc5F)nc4s3)c2)CC1. The lowest BCUT2D eigenvalue weighted by Crippen LogP contribution is -2.48. The Morgan fingerprint density at radius 1 is 1.05 bits per heavy atom. The van der Waals surface area contributed by atoms with Crippen molar-refractivity contribution in [1.82, 2.24) is 19.9 Å². The average molecular weight is 540 g/mol. The molecule has 12 heteroatoms. The molecule has 0 atom stereocenters. The fourth-order valence-electron chi connectivity index (χ4n) is 4.17. The molecule has 3 aromatic heterocycles. The summed E-state index contributed by atoms with van der Waals surface area (Å²) in [6.07, 6.45) is 1.75. The second kappa shape index (κ2) is 11.7. The van der Waals surface area contributed by atoms with E-state index in [1.54, 1.807) is 12.3 Å². The number of hydrogen-bond donors (Lipinski definition) is 2. The number of fused-ring (bicyclic) bond motifs is 1. The lowest BCUT2D eigenvalue weighted by molar-refractivity contribution is -0.144. The minimum Gasteiger partial charge on any atom is -0.465 e. The van der Waals surface area contributed by atoms with Crippen LogP contribution in [0.4, 0.5) is 31.2 Å². The Labute approximate surface area is 222 Å². The smallest absolute Gasteiger partial charge is 0.320 e. The molecule has 4 heterocycles. The van der Waals surface area contributed by atoms with Gasteiger partial charge in [-0.3, -0.25) is 9.69 Å². The number of benzene rings is 1. The van der Waals surface area contributed by atoms with Gasteiger partial charge < -0.3 is 20.3 Å². The third-order valence-corrected chi connectivity index (χ3v) is 6.99. The van der Waals surface area contributed by atoms with E-state index >= 15 is 0 Å². The van der Waals surface area contributed by atoms with E-state index in [2.05, 4.69) is 35.4 Å². The van der Waals surface area contributed by atoms with Crippen LogP contribution in [0.2, 0.25) is 0 Å². The van der Waals surface area contributed by atoms with E-state index in [4.69, 9.17) is 4.74 Å². The van der Waals surface area contributed by atoms with Crippen LogP contribution in [0.15, 0.2) is 48.7 Å². The fraction of sp³-hybridized carbons (Fsp3) is 0.308. The normalized spacial score (nSPS) is 14.0. The Kier molecular flexibility index (Phi) is 7.89. The number of nitrogens with zero attached hydrogens (tertiary/aromatic N) is 5. The maximum absolute atomic E-state index is 13.9. The second-order valence-electron chi connectivity index (χ2n) is 8.72. The molecule has 1 aliphatic heterocycles. The molecular formula is C26H27F2N7O2S. The third-order valence-electron chi connectivity index (χ3n) is 6.10. The van der Waals surface area contributed by atoms with Gasteiger partial charge in [-0.2, -0.15) is 0 Å². The molecular weight excluding hydrogens is 512 g/mol. The van der Waals surface area contributed by atoms with Crippen LogP contribution in [-0.2, 0) is 16.1 Å². The van der Waals surface area contributed by atoms with Gasteiger partial charge in [0, 0.05) is 62.3 Å². The van der Waals surface area contributed by atoms with Gasteiger partial charge in [0.15, 0.2) is 5.13 Å². The molecule has 0 bridgehead atoms. The summed E-state index contributed by atoms with van der Waals surface area (Å²) >= 11 is 1.38. The van der Waals surface area contributed by atoms with Crippen molar-refractivity contribution in [2.24, 2.45) is 0 Å². The van der Waals surface area contributed by atoms with Gasteiger partial charge in [-0.25, -0.2) is 23.7 Å². The van der Waals surface area contributed by atoms with E-state index < -0.39 is 11.6 Å². The summed E-state index contributed by atoms with van der Waals surface area (Å²) in [5, 5.41) is 6.99. The molecule has 1 aromatic carbocycles. The van der Waals surface area contributed by atoms with Crippen molar-refractivity contribution < 1.29 is 18.3 Å². The summed E-state index contributed by atoms with van der Waals surface area (Å²) in [4.78, 5) is 30.4. The van der Waals surface area contributed by atoms with Crippen LogP contribution < -0.4 is 15.5 Å². The lowest BCUT2D eigenvalue weighted by atomic mass is 10.2. The number of pyridine rings is 2. The lowest BCUT2D eigenvalue weighted by Gasteiger charge is -2.35. The molecule has 1 fully saturated rings. The highest BCUT2D eigenvalue weighted by atomic mass is 32.1. The van der Waals surface area contributed by atoms with E-state index in [0.29, 0.717) is 40.3 Å². The molecule has 1 saturated heterocycles. The van der Waals surface area contributed by atoms with Gasteiger partial charge in [0.2, 0.25) is 0 Å². The Morgan fingerprint density at radius 3 is 2.68 bits per heavy atom. The number of hydrogen-bond acceptors (Lipinski definition) is 10. The van der Waals surface area contributed by atoms with Crippen molar-refractivity contribution in [2.75, 3.05) is 54.9 Å². The van der Waals surface area contributed by atoms with E-state index in [1.807, 2.05) is 25.1 Å². The van der Waals surface area contributed by atoms with Crippen LogP contribution in [0.3, 0.4) is 0 Å².